The number of allylic oxidation sites excluding steroid dienone is 1. The van der Waals surface area contributed by atoms with Gasteiger partial charge in [0.25, 0.3) is 0 Å². The maximum Gasteiger partial charge on any atom is 0.342 e. The lowest BCUT2D eigenvalue weighted by Crippen LogP contribution is -2.23. The molecule has 1 N–H and O–H groups in total. The average Bonchev–Trinajstić information content (AvgIpc) is 2.91. The maximum atomic E-state index is 13.4. The van der Waals surface area contributed by atoms with Crippen LogP contribution in [0.25, 0.3) is 6.08 Å². The molecule has 10 heteroatoms. The van der Waals surface area contributed by atoms with Crippen LogP contribution < -0.4 is 18.9 Å². The molecule has 0 saturated heterocycles. The number of phenols is 1. The predicted molar refractivity (Wildman–Crippen MR) is 148 cm³/mol. The monoisotopic (exact) mass is 566 g/mol. The van der Waals surface area contributed by atoms with Gasteiger partial charge >= 0.3 is 17.9 Å². The summed E-state index contributed by atoms with van der Waals surface area (Å²) in [4.78, 5) is 50.0. The molecule has 0 unspecified atom stereocenters. The van der Waals surface area contributed by atoms with Gasteiger partial charge in [-0.05, 0) is 61.9 Å². The number of ether oxygens (including phenoxy) is 5. The van der Waals surface area contributed by atoms with E-state index in [2.05, 4.69) is 0 Å². The van der Waals surface area contributed by atoms with Crippen molar-refractivity contribution in [1.29, 1.82) is 0 Å². The molecule has 0 aliphatic carbocycles. The lowest BCUT2D eigenvalue weighted by atomic mass is 9.83. The molecule has 2 aromatic carbocycles. The molecule has 0 amide bonds. The third kappa shape index (κ3) is 6.70. The average molecular weight is 567 g/mol. The Hall–Kier alpha value is -4.34. The molecular weight excluding hydrogens is 532 g/mol. The Bertz CT molecular complexity index is 1360. The summed E-state index contributed by atoms with van der Waals surface area (Å²) in [5.74, 6) is -2.23. The number of hydrogen-bond acceptors (Lipinski definition) is 10. The van der Waals surface area contributed by atoms with Gasteiger partial charge in [0, 0.05) is 31.2 Å². The van der Waals surface area contributed by atoms with E-state index in [0.29, 0.717) is 49.7 Å². The van der Waals surface area contributed by atoms with Crippen molar-refractivity contribution in [2.75, 3.05) is 14.2 Å². The summed E-state index contributed by atoms with van der Waals surface area (Å²) in [7, 11) is 2.80. The van der Waals surface area contributed by atoms with Gasteiger partial charge in [-0.3, -0.25) is 14.4 Å². The van der Waals surface area contributed by atoms with Crippen LogP contribution >= 0.6 is 0 Å². The summed E-state index contributed by atoms with van der Waals surface area (Å²) in [6, 6.07) is 4.71. The van der Waals surface area contributed by atoms with E-state index in [-0.39, 0.29) is 52.1 Å². The highest BCUT2D eigenvalue weighted by atomic mass is 16.6. The van der Waals surface area contributed by atoms with Crippen LogP contribution in [0.1, 0.15) is 91.8 Å². The van der Waals surface area contributed by atoms with E-state index in [1.807, 2.05) is 6.08 Å². The van der Waals surface area contributed by atoms with Gasteiger partial charge in [-0.2, -0.15) is 0 Å². The van der Waals surface area contributed by atoms with E-state index in [1.54, 1.807) is 25.1 Å². The fourth-order valence-corrected chi connectivity index (χ4v) is 5.15. The van der Waals surface area contributed by atoms with E-state index < -0.39 is 29.9 Å². The Balaban J connectivity index is 1.86. The summed E-state index contributed by atoms with van der Waals surface area (Å²) >= 11 is 0. The minimum atomic E-state index is -0.751. The van der Waals surface area contributed by atoms with Gasteiger partial charge < -0.3 is 28.8 Å². The summed E-state index contributed by atoms with van der Waals surface area (Å²) in [6.45, 7) is 2.99. The quantitative estimate of drug-likeness (QED) is 0.386. The summed E-state index contributed by atoms with van der Waals surface area (Å²) in [5.41, 5.74) is 1.03. The SMILES string of the molecule is COc1cc([C@H]2CC(=O)Oc3cc4c(c(O)c32)C(=O)O[C@@H](C)CCCC(=O)CCCC=C4)cc(OC)c1OC(C)=O. The van der Waals surface area contributed by atoms with Gasteiger partial charge in [-0.15, -0.1) is 0 Å². The van der Waals surface area contributed by atoms with Crippen molar-refractivity contribution in [2.24, 2.45) is 0 Å². The molecule has 0 aromatic heterocycles. The zero-order chi connectivity index (χ0) is 29.7. The molecule has 218 valence electrons. The second-order valence-electron chi connectivity index (χ2n) is 10.1. The number of esters is 3. The summed E-state index contributed by atoms with van der Waals surface area (Å²) in [6.07, 6.45) is 6.08. The van der Waals surface area contributed by atoms with Crippen LogP contribution in [0, 0.1) is 0 Å². The first-order valence-electron chi connectivity index (χ1n) is 13.6. The van der Waals surface area contributed by atoms with Crippen LogP contribution in [0.5, 0.6) is 28.7 Å². The topological polar surface area (TPSA) is 135 Å². The van der Waals surface area contributed by atoms with Crippen LogP contribution in [0.3, 0.4) is 0 Å². The molecule has 10 nitrogen and oxygen atoms in total. The van der Waals surface area contributed by atoms with E-state index in [1.165, 1.54) is 27.2 Å². The standard InChI is InChI=1S/C31H34O10/c1-17-9-8-12-21(33)11-7-5-6-10-19-13-23-28(29(35)27(19)31(36)39-17)22(16-26(34)41-23)20-14-24(37-3)30(40-18(2)32)25(15-20)38-4/h6,10,13-15,17,22,35H,5,7-9,11-12,16H2,1-4H3/t17-,22+/m0/s1. The fourth-order valence-electron chi connectivity index (χ4n) is 5.15. The number of rotatable bonds is 4. The number of aromatic hydroxyl groups is 1. The van der Waals surface area contributed by atoms with Crippen LogP contribution in [-0.2, 0) is 19.1 Å². The molecular formula is C31H34O10. The van der Waals surface area contributed by atoms with Crippen molar-refractivity contribution < 1.29 is 48.0 Å². The lowest BCUT2D eigenvalue weighted by molar-refractivity contribution is -0.135. The first-order valence-corrected chi connectivity index (χ1v) is 13.6. The highest BCUT2D eigenvalue weighted by molar-refractivity contribution is 5.98. The minimum Gasteiger partial charge on any atom is -0.507 e. The maximum absolute atomic E-state index is 13.4. The highest BCUT2D eigenvalue weighted by Gasteiger charge is 2.36. The van der Waals surface area contributed by atoms with Crippen molar-refractivity contribution in [1.82, 2.24) is 0 Å². The molecule has 41 heavy (non-hydrogen) atoms. The Morgan fingerprint density at radius 1 is 1.02 bits per heavy atom. The van der Waals surface area contributed by atoms with E-state index >= 15 is 0 Å². The van der Waals surface area contributed by atoms with Crippen molar-refractivity contribution in [2.45, 2.75) is 70.8 Å². The van der Waals surface area contributed by atoms with Crippen LogP contribution in [0.15, 0.2) is 24.3 Å². The van der Waals surface area contributed by atoms with Crippen molar-refractivity contribution in [3.05, 3.63) is 46.5 Å². The van der Waals surface area contributed by atoms with Gasteiger partial charge in [0.2, 0.25) is 5.75 Å². The van der Waals surface area contributed by atoms with Crippen molar-refractivity contribution in [3.8, 4) is 28.7 Å². The second-order valence-corrected chi connectivity index (χ2v) is 10.1. The molecule has 2 aliphatic heterocycles. The molecule has 0 saturated carbocycles. The van der Waals surface area contributed by atoms with E-state index in [0.717, 1.165) is 0 Å². The van der Waals surface area contributed by atoms with Gasteiger partial charge in [-0.1, -0.05) is 12.2 Å². The second kappa shape index (κ2) is 12.9. The molecule has 0 radical (unpaired) electrons. The summed E-state index contributed by atoms with van der Waals surface area (Å²) in [5, 5.41) is 11.6. The molecule has 0 spiro atoms. The van der Waals surface area contributed by atoms with Gasteiger partial charge in [0.05, 0.1) is 26.7 Å². The largest absolute Gasteiger partial charge is 0.507 e. The number of ketones is 1. The molecule has 0 fully saturated rings. The zero-order valence-electron chi connectivity index (χ0n) is 23.6. The molecule has 2 aliphatic rings. The Labute approximate surface area is 238 Å². The Morgan fingerprint density at radius 2 is 1.71 bits per heavy atom. The smallest absolute Gasteiger partial charge is 0.342 e. The van der Waals surface area contributed by atoms with Gasteiger partial charge in [-0.25, -0.2) is 4.79 Å². The van der Waals surface area contributed by atoms with Crippen LogP contribution in [-0.4, -0.2) is 49.1 Å². The number of methoxy groups -OCH3 is 2. The minimum absolute atomic E-state index is 0.0432. The van der Waals surface area contributed by atoms with E-state index in [9.17, 15) is 24.3 Å². The highest BCUT2D eigenvalue weighted by Crippen LogP contribution is 2.50. The number of Topliss-reactive ketones (excluding diaryl/α,β-unsaturated/α-hetero) is 1. The third-order valence-electron chi connectivity index (χ3n) is 7.11. The van der Waals surface area contributed by atoms with Crippen LogP contribution in [0.4, 0.5) is 0 Å². The molecule has 4 rings (SSSR count). The Morgan fingerprint density at radius 3 is 2.37 bits per heavy atom. The first kappa shape index (κ1) is 29.6. The fraction of sp³-hybridized carbons (Fsp3) is 0.419. The molecule has 0 bridgehead atoms. The van der Waals surface area contributed by atoms with E-state index in [4.69, 9.17) is 23.7 Å². The number of benzene rings is 2. The number of carbonyl (C=O) groups excluding carboxylic acids is 4. The molecule has 2 heterocycles. The molecule has 2 aromatic rings. The number of phenolic OH excluding ortho intramolecular Hbond substituents is 1. The zero-order valence-corrected chi connectivity index (χ0v) is 23.6. The number of cyclic esters (lactones) is 1. The Kier molecular flexibility index (Phi) is 9.31. The number of fused-ring (bicyclic) bond motifs is 2. The predicted octanol–water partition coefficient (Wildman–Crippen LogP) is 5.26. The van der Waals surface area contributed by atoms with Gasteiger partial charge in [0.15, 0.2) is 11.5 Å². The van der Waals surface area contributed by atoms with Crippen molar-refractivity contribution >= 4 is 29.8 Å². The van der Waals surface area contributed by atoms with Gasteiger partial charge in [0.1, 0.15) is 22.8 Å². The van der Waals surface area contributed by atoms with Crippen LogP contribution in [0.2, 0.25) is 0 Å². The normalized spacial score (nSPS) is 19.7. The summed E-state index contributed by atoms with van der Waals surface area (Å²) < 4.78 is 27.4. The lowest BCUT2D eigenvalue weighted by Gasteiger charge is -2.28. The number of carbonyl (C=O) groups is 4. The third-order valence-corrected chi connectivity index (χ3v) is 7.11. The molecule has 2 atom stereocenters. The van der Waals surface area contributed by atoms with Crippen molar-refractivity contribution in [3.63, 3.8) is 0 Å². The first-order chi connectivity index (χ1) is 19.6. The number of hydrogen-bond donors (Lipinski definition) is 1.